The SMILES string of the molecule is CCC(C)(C)Oc1ccc(S(=O)(=O)c2ccc(OC(C)(C)C)cc2)cc1. The first-order valence-electron chi connectivity index (χ1n) is 8.76. The Kier molecular flexibility index (Phi) is 5.71. The fraction of sp³-hybridized carbons (Fsp3) is 0.429. The Morgan fingerprint density at radius 2 is 1.12 bits per heavy atom. The zero-order chi connectivity index (χ0) is 19.6. The quantitative estimate of drug-likeness (QED) is 0.690. The summed E-state index contributed by atoms with van der Waals surface area (Å²) in [5.41, 5.74) is -0.619. The average molecular weight is 377 g/mol. The summed E-state index contributed by atoms with van der Waals surface area (Å²) in [6.07, 6.45) is 0.857. The zero-order valence-electron chi connectivity index (χ0n) is 16.4. The van der Waals surface area contributed by atoms with Gasteiger partial charge >= 0.3 is 0 Å². The van der Waals surface area contributed by atoms with E-state index in [1.807, 2.05) is 41.5 Å². The van der Waals surface area contributed by atoms with Crippen LogP contribution < -0.4 is 9.47 Å². The molecule has 4 nitrogen and oxygen atoms in total. The summed E-state index contributed by atoms with van der Waals surface area (Å²) in [7, 11) is -3.58. The van der Waals surface area contributed by atoms with Crippen LogP contribution in [0.15, 0.2) is 58.3 Å². The zero-order valence-corrected chi connectivity index (χ0v) is 17.2. The van der Waals surface area contributed by atoms with Gasteiger partial charge in [0.1, 0.15) is 22.7 Å². The fourth-order valence-corrected chi connectivity index (χ4v) is 3.52. The molecule has 0 aliphatic rings. The van der Waals surface area contributed by atoms with Crippen molar-refractivity contribution in [1.29, 1.82) is 0 Å². The molecule has 2 aromatic rings. The number of benzene rings is 2. The van der Waals surface area contributed by atoms with Crippen molar-refractivity contribution in [3.8, 4) is 11.5 Å². The lowest BCUT2D eigenvalue weighted by Crippen LogP contribution is -2.26. The van der Waals surface area contributed by atoms with Crippen LogP contribution in [-0.2, 0) is 9.84 Å². The predicted molar refractivity (Wildman–Crippen MR) is 104 cm³/mol. The largest absolute Gasteiger partial charge is 0.488 e. The van der Waals surface area contributed by atoms with E-state index in [1.165, 1.54) is 0 Å². The minimum absolute atomic E-state index is 0.237. The molecule has 0 heterocycles. The van der Waals surface area contributed by atoms with Crippen molar-refractivity contribution in [2.24, 2.45) is 0 Å². The number of hydrogen-bond donors (Lipinski definition) is 0. The standard InChI is InChI=1S/C21H28O4S/c1-7-21(5,6)25-17-10-14-19(15-11-17)26(22,23)18-12-8-16(9-13-18)24-20(2,3)4/h8-15H,7H2,1-6H3. The van der Waals surface area contributed by atoms with Crippen molar-refractivity contribution < 1.29 is 17.9 Å². The molecular formula is C21H28O4S. The second kappa shape index (κ2) is 7.31. The van der Waals surface area contributed by atoms with Crippen LogP contribution in [-0.4, -0.2) is 19.6 Å². The van der Waals surface area contributed by atoms with Gasteiger partial charge in [0.05, 0.1) is 9.79 Å². The Balaban J connectivity index is 2.22. The van der Waals surface area contributed by atoms with Crippen molar-refractivity contribution >= 4 is 9.84 Å². The number of sulfone groups is 1. The van der Waals surface area contributed by atoms with E-state index in [0.717, 1.165) is 6.42 Å². The van der Waals surface area contributed by atoms with Gasteiger partial charge in [-0.05, 0) is 89.6 Å². The molecular weight excluding hydrogens is 348 g/mol. The topological polar surface area (TPSA) is 52.6 Å². The lowest BCUT2D eigenvalue weighted by atomic mass is 10.1. The highest BCUT2D eigenvalue weighted by Crippen LogP contribution is 2.27. The summed E-state index contributed by atoms with van der Waals surface area (Å²) in [6.45, 7) is 11.9. The lowest BCUT2D eigenvalue weighted by Gasteiger charge is -2.24. The third-order valence-electron chi connectivity index (χ3n) is 3.94. The smallest absolute Gasteiger partial charge is 0.206 e. The molecule has 142 valence electrons. The Morgan fingerprint density at radius 1 is 0.731 bits per heavy atom. The van der Waals surface area contributed by atoms with E-state index in [-0.39, 0.29) is 21.0 Å². The van der Waals surface area contributed by atoms with Crippen LogP contribution in [0, 0.1) is 0 Å². The van der Waals surface area contributed by atoms with E-state index in [1.54, 1.807) is 48.5 Å². The predicted octanol–water partition coefficient (Wildman–Crippen LogP) is 5.26. The number of hydrogen-bond acceptors (Lipinski definition) is 4. The summed E-state index contributed by atoms with van der Waals surface area (Å²) < 4.78 is 37.2. The first kappa shape index (κ1) is 20.3. The van der Waals surface area contributed by atoms with Crippen molar-refractivity contribution in [3.05, 3.63) is 48.5 Å². The normalized spacial score (nSPS) is 12.7. The molecule has 26 heavy (non-hydrogen) atoms. The maximum absolute atomic E-state index is 12.8. The first-order valence-corrected chi connectivity index (χ1v) is 10.2. The molecule has 0 saturated heterocycles. The van der Waals surface area contributed by atoms with Crippen molar-refractivity contribution in [2.75, 3.05) is 0 Å². The molecule has 5 heteroatoms. The molecule has 0 spiro atoms. The van der Waals surface area contributed by atoms with Gasteiger partial charge < -0.3 is 9.47 Å². The molecule has 0 bridgehead atoms. The monoisotopic (exact) mass is 376 g/mol. The molecule has 0 atom stereocenters. The van der Waals surface area contributed by atoms with Gasteiger partial charge in [0.15, 0.2) is 0 Å². The summed E-state index contributed by atoms with van der Waals surface area (Å²) in [6, 6.07) is 13.1. The molecule has 0 saturated carbocycles. The molecule has 0 N–H and O–H groups in total. The first-order chi connectivity index (χ1) is 11.9. The highest BCUT2D eigenvalue weighted by Gasteiger charge is 2.20. The second-order valence-electron chi connectivity index (χ2n) is 7.88. The maximum atomic E-state index is 12.8. The minimum atomic E-state index is -3.58. The van der Waals surface area contributed by atoms with Gasteiger partial charge in [0.2, 0.25) is 9.84 Å². The third-order valence-corrected chi connectivity index (χ3v) is 5.72. The molecule has 0 fully saturated rings. The molecule has 0 aliphatic carbocycles. The Bertz CT molecular complexity index is 827. The van der Waals surface area contributed by atoms with E-state index >= 15 is 0 Å². The lowest BCUT2D eigenvalue weighted by molar-refractivity contribution is 0.105. The Hall–Kier alpha value is -2.01. The molecule has 0 aromatic heterocycles. The van der Waals surface area contributed by atoms with Crippen molar-refractivity contribution in [1.82, 2.24) is 0 Å². The van der Waals surface area contributed by atoms with Crippen LogP contribution in [0.3, 0.4) is 0 Å². The van der Waals surface area contributed by atoms with Crippen LogP contribution in [0.1, 0.15) is 48.0 Å². The van der Waals surface area contributed by atoms with Crippen molar-refractivity contribution in [3.63, 3.8) is 0 Å². The molecule has 0 aliphatic heterocycles. The summed E-state index contributed by atoms with van der Waals surface area (Å²) in [4.78, 5) is 0.477. The van der Waals surface area contributed by atoms with E-state index in [2.05, 4.69) is 0 Å². The van der Waals surface area contributed by atoms with E-state index in [4.69, 9.17) is 9.47 Å². The molecule has 2 aromatic carbocycles. The minimum Gasteiger partial charge on any atom is -0.488 e. The van der Waals surface area contributed by atoms with Gasteiger partial charge in [-0.25, -0.2) is 8.42 Å². The Labute approximate surface area is 157 Å². The van der Waals surface area contributed by atoms with E-state index in [0.29, 0.717) is 11.5 Å². The van der Waals surface area contributed by atoms with Crippen molar-refractivity contribution in [2.45, 2.75) is 69.0 Å². The van der Waals surface area contributed by atoms with Gasteiger partial charge in [-0.15, -0.1) is 0 Å². The van der Waals surface area contributed by atoms with Crippen LogP contribution in [0.2, 0.25) is 0 Å². The molecule has 0 unspecified atom stereocenters. The highest BCUT2D eigenvalue weighted by atomic mass is 32.2. The summed E-state index contributed by atoms with van der Waals surface area (Å²) in [5, 5.41) is 0. The van der Waals surface area contributed by atoms with E-state index in [9.17, 15) is 8.42 Å². The third kappa shape index (κ3) is 5.24. The van der Waals surface area contributed by atoms with E-state index < -0.39 is 9.84 Å². The van der Waals surface area contributed by atoms with Gasteiger partial charge in [0.25, 0.3) is 0 Å². The Morgan fingerprint density at radius 3 is 1.46 bits per heavy atom. The molecule has 0 radical (unpaired) electrons. The van der Waals surface area contributed by atoms with Crippen LogP contribution in [0.25, 0.3) is 0 Å². The number of rotatable bonds is 6. The van der Waals surface area contributed by atoms with Gasteiger partial charge in [0, 0.05) is 0 Å². The van der Waals surface area contributed by atoms with Gasteiger partial charge in [-0.3, -0.25) is 0 Å². The fourth-order valence-electron chi connectivity index (χ4n) is 2.25. The maximum Gasteiger partial charge on any atom is 0.206 e. The second-order valence-corrected chi connectivity index (χ2v) is 9.83. The summed E-state index contributed by atoms with van der Waals surface area (Å²) in [5.74, 6) is 1.30. The number of ether oxygens (including phenoxy) is 2. The van der Waals surface area contributed by atoms with Crippen LogP contribution in [0.4, 0.5) is 0 Å². The van der Waals surface area contributed by atoms with Gasteiger partial charge in [-0.2, -0.15) is 0 Å². The average Bonchev–Trinajstić information content (AvgIpc) is 2.54. The summed E-state index contributed by atoms with van der Waals surface area (Å²) >= 11 is 0. The van der Waals surface area contributed by atoms with Crippen LogP contribution >= 0.6 is 0 Å². The highest BCUT2D eigenvalue weighted by molar-refractivity contribution is 7.91. The molecule has 0 amide bonds. The van der Waals surface area contributed by atoms with Crippen LogP contribution in [0.5, 0.6) is 11.5 Å². The van der Waals surface area contributed by atoms with Gasteiger partial charge in [-0.1, -0.05) is 6.92 Å². The molecule has 2 rings (SSSR count).